The van der Waals surface area contributed by atoms with Gasteiger partial charge in [-0.2, -0.15) is 5.10 Å². The number of hydrogen-bond donors (Lipinski definition) is 2. The number of aliphatic carboxylic acids is 1. The monoisotopic (exact) mass is 375 g/mol. The average molecular weight is 375 g/mol. The molecule has 1 unspecified atom stereocenters. The number of aromatic nitrogens is 2. The number of rotatable bonds is 7. The van der Waals surface area contributed by atoms with Crippen LogP contribution in [0.15, 0.2) is 24.3 Å². The van der Waals surface area contributed by atoms with Gasteiger partial charge < -0.3 is 15.2 Å². The maximum Gasteiger partial charge on any atom is 0.305 e. The van der Waals surface area contributed by atoms with Crippen molar-refractivity contribution in [3.63, 3.8) is 0 Å². The Morgan fingerprint density at radius 3 is 2.85 bits per heavy atom. The maximum absolute atomic E-state index is 13.6. The predicted octanol–water partition coefficient (Wildman–Crippen LogP) is 2.11. The maximum atomic E-state index is 13.6. The molecule has 7 nitrogen and oxygen atoms in total. The zero-order valence-corrected chi connectivity index (χ0v) is 15.3. The number of carboxylic acid groups (broad SMARTS) is 1. The van der Waals surface area contributed by atoms with Crippen LogP contribution in [0.25, 0.3) is 5.69 Å². The van der Waals surface area contributed by atoms with Gasteiger partial charge in [0.25, 0.3) is 5.91 Å². The van der Waals surface area contributed by atoms with Gasteiger partial charge in [0.1, 0.15) is 5.82 Å². The summed E-state index contributed by atoms with van der Waals surface area (Å²) in [6, 6.07) is 6.04. The Kier molecular flexibility index (Phi) is 5.27. The first-order valence-corrected chi connectivity index (χ1v) is 8.73. The number of hydrogen-bond acceptors (Lipinski definition) is 4. The van der Waals surface area contributed by atoms with E-state index in [1.165, 1.54) is 19.2 Å². The molecular weight excluding hydrogens is 353 g/mol. The van der Waals surface area contributed by atoms with Crippen molar-refractivity contribution in [3.05, 3.63) is 47.0 Å². The fourth-order valence-corrected chi connectivity index (χ4v) is 3.56. The van der Waals surface area contributed by atoms with E-state index in [4.69, 9.17) is 9.84 Å². The van der Waals surface area contributed by atoms with Crippen LogP contribution in [-0.2, 0) is 22.4 Å². The number of fused-ring (bicyclic) bond motifs is 1. The molecule has 0 bridgehead atoms. The molecule has 0 aliphatic heterocycles. The van der Waals surface area contributed by atoms with Crippen molar-refractivity contribution >= 4 is 11.9 Å². The smallest absolute Gasteiger partial charge is 0.305 e. The summed E-state index contributed by atoms with van der Waals surface area (Å²) in [6.07, 6.45) is 2.05. The van der Waals surface area contributed by atoms with E-state index in [2.05, 4.69) is 10.4 Å². The Morgan fingerprint density at radius 1 is 1.41 bits per heavy atom. The second kappa shape index (κ2) is 7.48. The third-order valence-corrected chi connectivity index (χ3v) is 4.62. The largest absolute Gasteiger partial charge is 0.481 e. The number of benzene rings is 1. The van der Waals surface area contributed by atoms with Crippen LogP contribution >= 0.6 is 0 Å². The number of halogens is 1. The minimum Gasteiger partial charge on any atom is -0.481 e. The van der Waals surface area contributed by atoms with Gasteiger partial charge in [-0.05, 0) is 44.4 Å². The van der Waals surface area contributed by atoms with Gasteiger partial charge in [0.2, 0.25) is 0 Å². The van der Waals surface area contributed by atoms with E-state index in [0.29, 0.717) is 12.1 Å². The van der Waals surface area contributed by atoms with Crippen LogP contribution in [0.5, 0.6) is 0 Å². The Bertz CT molecular complexity index is 880. The molecule has 1 aliphatic rings. The molecule has 0 spiro atoms. The number of carbonyl (C=O) groups excluding carboxylic acids is 1. The molecule has 2 N–H and O–H groups in total. The summed E-state index contributed by atoms with van der Waals surface area (Å²) in [5.74, 6) is -1.87. The standard InChI is InChI=1S/C19H22FN3O4/c1-19(11-27-2,10-16(24)25)21-18(26)17-14-7-4-8-15(14)23(22-17)13-6-3-5-12(20)9-13/h3,5-6,9H,4,7-8,10-11H2,1-2H3,(H,21,26)(H,24,25). The topological polar surface area (TPSA) is 93.4 Å². The molecule has 144 valence electrons. The third-order valence-electron chi connectivity index (χ3n) is 4.62. The molecule has 0 saturated carbocycles. The normalized spacial score (nSPS) is 15.2. The van der Waals surface area contributed by atoms with Crippen molar-refractivity contribution in [1.29, 1.82) is 0 Å². The van der Waals surface area contributed by atoms with Gasteiger partial charge in [-0.1, -0.05) is 6.07 Å². The van der Waals surface area contributed by atoms with E-state index in [-0.39, 0.29) is 24.5 Å². The number of nitrogens with zero attached hydrogens (tertiary/aromatic N) is 2. The van der Waals surface area contributed by atoms with Crippen molar-refractivity contribution in [2.75, 3.05) is 13.7 Å². The van der Waals surface area contributed by atoms with Crippen molar-refractivity contribution in [1.82, 2.24) is 15.1 Å². The van der Waals surface area contributed by atoms with Gasteiger partial charge in [-0.15, -0.1) is 0 Å². The summed E-state index contributed by atoms with van der Waals surface area (Å²) in [5, 5.41) is 16.3. The first-order valence-electron chi connectivity index (χ1n) is 8.73. The summed E-state index contributed by atoms with van der Waals surface area (Å²) < 4.78 is 20.3. The summed E-state index contributed by atoms with van der Waals surface area (Å²) in [6.45, 7) is 1.67. The molecule has 27 heavy (non-hydrogen) atoms. The van der Waals surface area contributed by atoms with Gasteiger partial charge >= 0.3 is 5.97 Å². The lowest BCUT2D eigenvalue weighted by Gasteiger charge is -2.28. The van der Waals surface area contributed by atoms with Crippen LogP contribution in [-0.4, -0.2) is 46.0 Å². The van der Waals surface area contributed by atoms with E-state index >= 15 is 0 Å². The van der Waals surface area contributed by atoms with Crippen LogP contribution < -0.4 is 5.32 Å². The van der Waals surface area contributed by atoms with E-state index < -0.39 is 17.4 Å². The van der Waals surface area contributed by atoms with Gasteiger partial charge in [-0.25, -0.2) is 9.07 Å². The van der Waals surface area contributed by atoms with E-state index in [1.54, 1.807) is 23.7 Å². The molecule has 0 radical (unpaired) electrons. The van der Waals surface area contributed by atoms with Gasteiger partial charge in [0, 0.05) is 18.4 Å². The molecule has 1 atom stereocenters. The minimum absolute atomic E-state index is 0.0534. The molecule has 1 aromatic heterocycles. The molecular formula is C19H22FN3O4. The van der Waals surface area contributed by atoms with Gasteiger partial charge in [0.05, 0.1) is 24.3 Å². The number of methoxy groups -OCH3 is 1. The van der Waals surface area contributed by atoms with Crippen LogP contribution in [0.3, 0.4) is 0 Å². The van der Waals surface area contributed by atoms with E-state index in [1.807, 2.05) is 0 Å². The lowest BCUT2D eigenvalue weighted by molar-refractivity contribution is -0.139. The number of nitrogens with one attached hydrogen (secondary N) is 1. The van der Waals surface area contributed by atoms with Crippen molar-refractivity contribution in [3.8, 4) is 5.69 Å². The van der Waals surface area contributed by atoms with E-state index in [0.717, 1.165) is 24.1 Å². The molecule has 1 amide bonds. The predicted molar refractivity (Wildman–Crippen MR) is 95.5 cm³/mol. The minimum atomic E-state index is -1.06. The van der Waals surface area contributed by atoms with Crippen molar-refractivity contribution in [2.24, 2.45) is 0 Å². The zero-order valence-electron chi connectivity index (χ0n) is 15.3. The fraction of sp³-hybridized carbons (Fsp3) is 0.421. The highest BCUT2D eigenvalue weighted by Crippen LogP contribution is 2.28. The highest BCUT2D eigenvalue weighted by atomic mass is 19.1. The molecule has 1 heterocycles. The summed E-state index contributed by atoms with van der Waals surface area (Å²) in [4.78, 5) is 24.0. The first-order chi connectivity index (χ1) is 12.8. The van der Waals surface area contributed by atoms with Crippen LogP contribution in [0.2, 0.25) is 0 Å². The quantitative estimate of drug-likeness (QED) is 0.773. The van der Waals surface area contributed by atoms with E-state index in [9.17, 15) is 14.0 Å². The van der Waals surface area contributed by atoms with Crippen LogP contribution in [0.1, 0.15) is 41.5 Å². The molecule has 2 aromatic rings. The molecule has 3 rings (SSSR count). The second-order valence-corrected chi connectivity index (χ2v) is 7.04. The SMILES string of the molecule is COCC(C)(CC(=O)O)NC(=O)c1nn(-c2cccc(F)c2)c2c1CCC2. The summed E-state index contributed by atoms with van der Waals surface area (Å²) in [5.41, 5.74) is 1.45. The second-order valence-electron chi connectivity index (χ2n) is 7.04. The number of carbonyl (C=O) groups is 2. The van der Waals surface area contributed by atoms with Crippen molar-refractivity contribution in [2.45, 2.75) is 38.1 Å². The zero-order chi connectivity index (χ0) is 19.6. The number of amides is 1. The highest BCUT2D eigenvalue weighted by molar-refractivity contribution is 5.95. The lowest BCUT2D eigenvalue weighted by atomic mass is 9.98. The molecule has 8 heteroatoms. The molecule has 1 aromatic carbocycles. The third kappa shape index (κ3) is 4.00. The Hall–Kier alpha value is -2.74. The number of ether oxygens (including phenoxy) is 1. The Morgan fingerprint density at radius 2 is 2.19 bits per heavy atom. The molecule has 1 aliphatic carbocycles. The van der Waals surface area contributed by atoms with Crippen LogP contribution in [0.4, 0.5) is 4.39 Å². The highest BCUT2D eigenvalue weighted by Gasteiger charge is 2.33. The summed E-state index contributed by atoms with van der Waals surface area (Å²) >= 11 is 0. The fourth-order valence-electron chi connectivity index (χ4n) is 3.56. The number of carboxylic acids is 1. The van der Waals surface area contributed by atoms with Crippen LogP contribution in [0, 0.1) is 5.82 Å². The van der Waals surface area contributed by atoms with Gasteiger partial charge in [0.15, 0.2) is 5.69 Å². The Labute approximate surface area is 156 Å². The molecule has 0 fully saturated rings. The Balaban J connectivity index is 1.94. The lowest BCUT2D eigenvalue weighted by Crippen LogP contribution is -2.51. The first kappa shape index (κ1) is 19.0. The van der Waals surface area contributed by atoms with Crippen molar-refractivity contribution < 1.29 is 23.8 Å². The van der Waals surface area contributed by atoms with Gasteiger partial charge in [-0.3, -0.25) is 9.59 Å². The average Bonchev–Trinajstić information content (AvgIpc) is 3.15. The molecule has 0 saturated heterocycles. The summed E-state index contributed by atoms with van der Waals surface area (Å²) in [7, 11) is 1.45.